The van der Waals surface area contributed by atoms with Crippen molar-refractivity contribution in [3.05, 3.63) is 35.6 Å². The summed E-state index contributed by atoms with van der Waals surface area (Å²) in [7, 11) is -3.35. The van der Waals surface area contributed by atoms with Crippen LogP contribution in [0, 0.1) is 11.7 Å². The van der Waals surface area contributed by atoms with Crippen molar-refractivity contribution >= 4 is 10.0 Å². The highest BCUT2D eigenvalue weighted by Crippen LogP contribution is 2.10. The number of piperidine rings is 1. The number of sulfonamides is 1. The van der Waals surface area contributed by atoms with Crippen molar-refractivity contribution in [1.29, 1.82) is 0 Å². The number of benzene rings is 1. The van der Waals surface area contributed by atoms with Gasteiger partial charge in [-0.15, -0.1) is 0 Å². The van der Waals surface area contributed by atoms with Crippen molar-refractivity contribution in [3.8, 4) is 0 Å². The fourth-order valence-corrected chi connectivity index (χ4v) is 3.42. The smallest absolute Gasteiger partial charge is 0.215 e. The number of hydrogen-bond donors (Lipinski definition) is 2. The SMILES string of the molecule is O=S(=O)(Cc1ccc(F)cc1)NCC1CCCNC1. The molecule has 0 bridgehead atoms. The van der Waals surface area contributed by atoms with Crippen LogP contribution in [0.4, 0.5) is 4.39 Å². The minimum atomic E-state index is -3.35. The molecule has 1 saturated heterocycles. The van der Waals surface area contributed by atoms with Crippen molar-refractivity contribution < 1.29 is 12.8 Å². The first-order valence-electron chi connectivity index (χ1n) is 6.48. The molecule has 2 N–H and O–H groups in total. The third-order valence-corrected chi connectivity index (χ3v) is 4.58. The average Bonchev–Trinajstić information content (AvgIpc) is 2.40. The Balaban J connectivity index is 1.85. The van der Waals surface area contributed by atoms with Crippen LogP contribution in [0.3, 0.4) is 0 Å². The summed E-state index contributed by atoms with van der Waals surface area (Å²) in [6.07, 6.45) is 2.14. The van der Waals surface area contributed by atoms with Crippen LogP contribution >= 0.6 is 0 Å². The third-order valence-electron chi connectivity index (χ3n) is 3.26. The van der Waals surface area contributed by atoms with Crippen LogP contribution in [0.1, 0.15) is 18.4 Å². The number of hydrogen-bond acceptors (Lipinski definition) is 3. The number of halogens is 1. The Hall–Kier alpha value is -0.980. The summed E-state index contributed by atoms with van der Waals surface area (Å²) < 4.78 is 39.2. The molecule has 19 heavy (non-hydrogen) atoms. The molecule has 1 atom stereocenters. The Bertz CT molecular complexity index is 496. The van der Waals surface area contributed by atoms with Gasteiger partial charge in [-0.1, -0.05) is 12.1 Å². The van der Waals surface area contributed by atoms with E-state index >= 15 is 0 Å². The van der Waals surface area contributed by atoms with Crippen LogP contribution in [0.25, 0.3) is 0 Å². The summed E-state index contributed by atoms with van der Waals surface area (Å²) in [6.45, 7) is 2.34. The minimum Gasteiger partial charge on any atom is -0.316 e. The Morgan fingerprint density at radius 1 is 1.32 bits per heavy atom. The van der Waals surface area contributed by atoms with Crippen LogP contribution in [0.2, 0.25) is 0 Å². The Labute approximate surface area is 113 Å². The van der Waals surface area contributed by atoms with Gasteiger partial charge in [0.2, 0.25) is 10.0 Å². The molecule has 0 aromatic heterocycles. The monoisotopic (exact) mass is 286 g/mol. The normalized spacial score (nSPS) is 20.4. The molecule has 1 unspecified atom stereocenters. The molecule has 1 fully saturated rings. The molecule has 1 aromatic rings. The predicted octanol–water partition coefficient (Wildman–Crippen LogP) is 1.24. The van der Waals surface area contributed by atoms with E-state index in [-0.39, 0.29) is 11.6 Å². The van der Waals surface area contributed by atoms with E-state index in [2.05, 4.69) is 10.0 Å². The zero-order valence-corrected chi connectivity index (χ0v) is 11.5. The summed E-state index contributed by atoms with van der Waals surface area (Å²) in [5, 5.41) is 3.25. The van der Waals surface area contributed by atoms with Gasteiger partial charge in [0.1, 0.15) is 5.82 Å². The van der Waals surface area contributed by atoms with Gasteiger partial charge < -0.3 is 5.32 Å². The van der Waals surface area contributed by atoms with Gasteiger partial charge in [0.15, 0.2) is 0 Å². The number of rotatable bonds is 5. The highest BCUT2D eigenvalue weighted by molar-refractivity contribution is 7.88. The molecule has 1 aromatic carbocycles. The van der Waals surface area contributed by atoms with Gasteiger partial charge in [0.25, 0.3) is 0 Å². The van der Waals surface area contributed by atoms with Crippen LogP contribution in [0.5, 0.6) is 0 Å². The quantitative estimate of drug-likeness (QED) is 0.856. The zero-order valence-electron chi connectivity index (χ0n) is 10.7. The predicted molar refractivity (Wildman–Crippen MR) is 72.6 cm³/mol. The van der Waals surface area contributed by atoms with Crippen molar-refractivity contribution in [1.82, 2.24) is 10.0 Å². The Kier molecular flexibility index (Phi) is 4.90. The van der Waals surface area contributed by atoms with E-state index in [4.69, 9.17) is 0 Å². The lowest BCUT2D eigenvalue weighted by atomic mass is 10.0. The second-order valence-electron chi connectivity index (χ2n) is 4.95. The van der Waals surface area contributed by atoms with E-state index in [1.165, 1.54) is 24.3 Å². The van der Waals surface area contributed by atoms with Crippen LogP contribution in [-0.2, 0) is 15.8 Å². The molecule has 1 heterocycles. The molecule has 0 aliphatic carbocycles. The maximum absolute atomic E-state index is 12.7. The fraction of sp³-hybridized carbons (Fsp3) is 0.538. The van der Waals surface area contributed by atoms with Crippen LogP contribution in [0.15, 0.2) is 24.3 Å². The van der Waals surface area contributed by atoms with Crippen molar-refractivity contribution in [2.45, 2.75) is 18.6 Å². The van der Waals surface area contributed by atoms with Crippen molar-refractivity contribution in [3.63, 3.8) is 0 Å². The van der Waals surface area contributed by atoms with E-state index in [1.54, 1.807) is 0 Å². The lowest BCUT2D eigenvalue weighted by Gasteiger charge is -2.22. The van der Waals surface area contributed by atoms with E-state index < -0.39 is 10.0 Å². The second kappa shape index (κ2) is 6.45. The fourth-order valence-electron chi connectivity index (χ4n) is 2.19. The van der Waals surface area contributed by atoms with Gasteiger partial charge in [-0.25, -0.2) is 17.5 Å². The lowest BCUT2D eigenvalue weighted by molar-refractivity contribution is 0.376. The molecule has 1 aliphatic heterocycles. The van der Waals surface area contributed by atoms with Crippen LogP contribution in [-0.4, -0.2) is 28.1 Å². The molecule has 2 rings (SSSR count). The number of nitrogens with one attached hydrogen (secondary N) is 2. The van der Waals surface area contributed by atoms with Gasteiger partial charge in [0, 0.05) is 6.54 Å². The van der Waals surface area contributed by atoms with Crippen molar-refractivity contribution in [2.75, 3.05) is 19.6 Å². The van der Waals surface area contributed by atoms with E-state index in [0.29, 0.717) is 18.0 Å². The standard InChI is InChI=1S/C13H19FN2O2S/c14-13-5-3-11(4-6-13)10-19(17,18)16-9-12-2-1-7-15-8-12/h3-6,12,15-16H,1-2,7-10H2. The van der Waals surface area contributed by atoms with E-state index in [1.807, 2.05) is 0 Å². The van der Waals surface area contributed by atoms with Gasteiger partial charge in [-0.2, -0.15) is 0 Å². The maximum Gasteiger partial charge on any atom is 0.215 e. The third kappa shape index (κ3) is 4.89. The summed E-state index contributed by atoms with van der Waals surface area (Å²) in [5.41, 5.74) is 0.593. The summed E-state index contributed by atoms with van der Waals surface area (Å²) in [5.74, 6) is -0.105. The van der Waals surface area contributed by atoms with Gasteiger partial charge >= 0.3 is 0 Å². The van der Waals surface area contributed by atoms with Crippen LogP contribution < -0.4 is 10.0 Å². The van der Waals surface area contributed by atoms with Gasteiger partial charge in [-0.3, -0.25) is 0 Å². The first kappa shape index (κ1) is 14.4. The molecular formula is C13H19FN2O2S. The largest absolute Gasteiger partial charge is 0.316 e. The summed E-state index contributed by atoms with van der Waals surface area (Å²) >= 11 is 0. The molecule has 6 heteroatoms. The Morgan fingerprint density at radius 2 is 2.05 bits per heavy atom. The molecule has 4 nitrogen and oxygen atoms in total. The molecule has 0 saturated carbocycles. The molecule has 1 aliphatic rings. The van der Waals surface area contributed by atoms with Crippen molar-refractivity contribution in [2.24, 2.45) is 5.92 Å². The molecule has 0 radical (unpaired) electrons. The molecule has 0 spiro atoms. The lowest BCUT2D eigenvalue weighted by Crippen LogP contribution is -2.38. The highest BCUT2D eigenvalue weighted by Gasteiger charge is 2.17. The second-order valence-corrected chi connectivity index (χ2v) is 6.75. The van der Waals surface area contributed by atoms with E-state index in [0.717, 1.165) is 25.9 Å². The van der Waals surface area contributed by atoms with Gasteiger partial charge in [0.05, 0.1) is 5.75 Å². The minimum absolute atomic E-state index is 0.104. The molecular weight excluding hydrogens is 267 g/mol. The first-order chi connectivity index (χ1) is 9.05. The highest BCUT2D eigenvalue weighted by atomic mass is 32.2. The topological polar surface area (TPSA) is 58.2 Å². The zero-order chi connectivity index (χ0) is 13.7. The first-order valence-corrected chi connectivity index (χ1v) is 8.13. The average molecular weight is 286 g/mol. The maximum atomic E-state index is 12.7. The summed E-state index contributed by atoms with van der Waals surface area (Å²) in [4.78, 5) is 0. The molecule has 0 amide bonds. The van der Waals surface area contributed by atoms with Gasteiger partial charge in [-0.05, 0) is 49.5 Å². The van der Waals surface area contributed by atoms with E-state index in [9.17, 15) is 12.8 Å². The molecule has 106 valence electrons. The Morgan fingerprint density at radius 3 is 2.68 bits per heavy atom. The summed E-state index contributed by atoms with van der Waals surface area (Å²) in [6, 6.07) is 5.54.